The molecule has 1 heterocycles. The molecule has 1 aliphatic rings. The van der Waals surface area contributed by atoms with Gasteiger partial charge in [0.05, 0.1) is 6.61 Å². The molecule has 0 aliphatic carbocycles. The van der Waals surface area contributed by atoms with Crippen LogP contribution in [0, 0.1) is 0 Å². The molecule has 0 fully saturated rings. The van der Waals surface area contributed by atoms with Crippen LogP contribution in [0.25, 0.3) is 11.1 Å². The van der Waals surface area contributed by atoms with Gasteiger partial charge >= 0.3 is 0 Å². The second-order valence-corrected chi connectivity index (χ2v) is 4.62. The van der Waals surface area contributed by atoms with Gasteiger partial charge in [0.1, 0.15) is 12.4 Å². The summed E-state index contributed by atoms with van der Waals surface area (Å²) in [7, 11) is 0. The number of ether oxygens (including phenoxy) is 1. The molecule has 0 bridgehead atoms. The van der Waals surface area contributed by atoms with Crippen LogP contribution in [0.1, 0.15) is 23.6 Å². The van der Waals surface area contributed by atoms with E-state index in [9.17, 15) is 0 Å². The Morgan fingerprint density at radius 3 is 2.61 bits per heavy atom. The molecule has 2 aromatic rings. The summed E-state index contributed by atoms with van der Waals surface area (Å²) < 4.78 is 5.81. The molecule has 18 heavy (non-hydrogen) atoms. The van der Waals surface area contributed by atoms with Gasteiger partial charge in [-0.25, -0.2) is 0 Å². The van der Waals surface area contributed by atoms with E-state index in [1.165, 1.54) is 11.1 Å². The molecule has 0 unspecified atom stereocenters. The van der Waals surface area contributed by atoms with Gasteiger partial charge in [0.15, 0.2) is 0 Å². The number of aliphatic hydroxyl groups is 1. The van der Waals surface area contributed by atoms with E-state index < -0.39 is 0 Å². The van der Waals surface area contributed by atoms with E-state index in [1.807, 2.05) is 12.1 Å². The number of fused-ring (bicyclic) bond motifs is 3. The molecule has 92 valence electrons. The van der Waals surface area contributed by atoms with E-state index in [-0.39, 0.29) is 6.61 Å². The first-order valence-electron chi connectivity index (χ1n) is 6.30. The minimum Gasteiger partial charge on any atom is -0.488 e. The number of benzene rings is 2. The Labute approximate surface area is 107 Å². The Bertz CT molecular complexity index is 534. The predicted octanol–water partition coefficient (Wildman–Crippen LogP) is 3.30. The lowest BCUT2D eigenvalue weighted by atomic mass is 9.94. The van der Waals surface area contributed by atoms with Crippen molar-refractivity contribution in [2.75, 3.05) is 0 Å². The van der Waals surface area contributed by atoms with Gasteiger partial charge in [-0.05, 0) is 40.8 Å². The summed E-state index contributed by atoms with van der Waals surface area (Å²) >= 11 is 0. The van der Waals surface area contributed by atoms with Crippen LogP contribution in [-0.4, -0.2) is 5.11 Å². The summed E-state index contributed by atoms with van der Waals surface area (Å²) in [5.41, 5.74) is 5.75. The van der Waals surface area contributed by atoms with E-state index in [0.29, 0.717) is 6.61 Å². The molecule has 0 atom stereocenters. The molecule has 2 aromatic carbocycles. The number of hydrogen-bond acceptors (Lipinski definition) is 2. The third-order valence-electron chi connectivity index (χ3n) is 3.48. The highest BCUT2D eigenvalue weighted by molar-refractivity contribution is 5.75. The van der Waals surface area contributed by atoms with Crippen molar-refractivity contribution in [3.8, 4) is 16.9 Å². The molecule has 2 heteroatoms. The van der Waals surface area contributed by atoms with Crippen molar-refractivity contribution in [2.45, 2.75) is 26.6 Å². The van der Waals surface area contributed by atoms with E-state index in [1.54, 1.807) is 0 Å². The highest BCUT2D eigenvalue weighted by atomic mass is 16.5. The minimum absolute atomic E-state index is 0.0783. The Hall–Kier alpha value is -1.80. The number of hydrogen-bond donors (Lipinski definition) is 1. The first-order chi connectivity index (χ1) is 8.81. The van der Waals surface area contributed by atoms with Crippen molar-refractivity contribution in [1.82, 2.24) is 0 Å². The maximum atomic E-state index is 9.16. The van der Waals surface area contributed by atoms with E-state index >= 15 is 0 Å². The van der Waals surface area contributed by atoms with Crippen LogP contribution in [0.15, 0.2) is 36.4 Å². The topological polar surface area (TPSA) is 29.5 Å². The summed E-state index contributed by atoms with van der Waals surface area (Å²) in [6, 6.07) is 12.5. The molecule has 0 amide bonds. The van der Waals surface area contributed by atoms with Crippen LogP contribution >= 0.6 is 0 Å². The first-order valence-corrected chi connectivity index (χ1v) is 6.30. The van der Waals surface area contributed by atoms with E-state index in [4.69, 9.17) is 9.84 Å². The fourth-order valence-corrected chi connectivity index (χ4v) is 2.41. The van der Waals surface area contributed by atoms with Crippen LogP contribution in [0.2, 0.25) is 0 Å². The average molecular weight is 240 g/mol. The van der Waals surface area contributed by atoms with Crippen molar-refractivity contribution in [1.29, 1.82) is 0 Å². The number of aryl methyl sites for hydroxylation is 1. The zero-order chi connectivity index (χ0) is 12.5. The second kappa shape index (κ2) is 4.46. The van der Waals surface area contributed by atoms with Gasteiger partial charge in [0, 0.05) is 5.56 Å². The third kappa shape index (κ3) is 1.79. The van der Waals surface area contributed by atoms with Crippen molar-refractivity contribution in [3.05, 3.63) is 53.1 Å². The van der Waals surface area contributed by atoms with Gasteiger partial charge in [0.2, 0.25) is 0 Å². The summed E-state index contributed by atoms with van der Waals surface area (Å²) in [5, 5.41) is 9.16. The minimum atomic E-state index is 0.0783. The average Bonchev–Trinajstić information content (AvgIpc) is 2.45. The lowest BCUT2D eigenvalue weighted by Crippen LogP contribution is -2.06. The lowest BCUT2D eigenvalue weighted by Gasteiger charge is -2.22. The molecule has 0 radical (unpaired) electrons. The maximum Gasteiger partial charge on any atom is 0.127 e. The van der Waals surface area contributed by atoms with Gasteiger partial charge < -0.3 is 9.84 Å². The smallest absolute Gasteiger partial charge is 0.127 e. The number of aliphatic hydroxyl groups excluding tert-OH is 1. The van der Waals surface area contributed by atoms with Crippen LogP contribution < -0.4 is 4.74 Å². The third-order valence-corrected chi connectivity index (χ3v) is 3.48. The fourth-order valence-electron chi connectivity index (χ4n) is 2.41. The SMILES string of the molecule is CCc1ccc2c(c1)OCc1cc(CO)ccc1-2. The normalized spacial score (nSPS) is 12.6. The fraction of sp³-hybridized carbons (Fsp3) is 0.250. The highest BCUT2D eigenvalue weighted by Crippen LogP contribution is 2.38. The maximum absolute atomic E-state index is 9.16. The van der Waals surface area contributed by atoms with Gasteiger partial charge in [-0.1, -0.05) is 31.2 Å². The molecule has 0 spiro atoms. The van der Waals surface area contributed by atoms with Gasteiger partial charge in [-0.3, -0.25) is 0 Å². The van der Waals surface area contributed by atoms with Gasteiger partial charge in [0.25, 0.3) is 0 Å². The van der Waals surface area contributed by atoms with Crippen molar-refractivity contribution >= 4 is 0 Å². The molecule has 0 saturated heterocycles. The monoisotopic (exact) mass is 240 g/mol. The summed E-state index contributed by atoms with van der Waals surface area (Å²) in [6.07, 6.45) is 1.02. The van der Waals surface area contributed by atoms with Gasteiger partial charge in [-0.15, -0.1) is 0 Å². The lowest BCUT2D eigenvalue weighted by molar-refractivity contribution is 0.280. The zero-order valence-electron chi connectivity index (χ0n) is 10.4. The highest BCUT2D eigenvalue weighted by Gasteiger charge is 2.17. The van der Waals surface area contributed by atoms with Crippen LogP contribution in [0.5, 0.6) is 5.75 Å². The van der Waals surface area contributed by atoms with Crippen molar-refractivity contribution in [2.24, 2.45) is 0 Å². The molecule has 3 rings (SSSR count). The first kappa shape index (κ1) is 11.3. The Balaban J connectivity index is 2.11. The van der Waals surface area contributed by atoms with Crippen molar-refractivity contribution in [3.63, 3.8) is 0 Å². The Morgan fingerprint density at radius 1 is 1.06 bits per heavy atom. The molecular formula is C16H16O2. The molecule has 1 N–H and O–H groups in total. The van der Waals surface area contributed by atoms with E-state index in [2.05, 4.69) is 31.2 Å². The standard InChI is InChI=1S/C16H16O2/c1-2-11-3-6-15-14-5-4-12(9-17)7-13(14)10-18-16(15)8-11/h3-8,17H,2,9-10H2,1H3. The molecule has 0 aromatic heterocycles. The van der Waals surface area contributed by atoms with Crippen molar-refractivity contribution < 1.29 is 9.84 Å². The molecular weight excluding hydrogens is 224 g/mol. The number of rotatable bonds is 2. The Morgan fingerprint density at radius 2 is 1.83 bits per heavy atom. The van der Waals surface area contributed by atoms with Crippen LogP contribution in [0.3, 0.4) is 0 Å². The summed E-state index contributed by atoms with van der Waals surface area (Å²) in [4.78, 5) is 0. The zero-order valence-corrected chi connectivity index (χ0v) is 10.4. The Kier molecular flexibility index (Phi) is 2.80. The quantitative estimate of drug-likeness (QED) is 0.872. The summed E-state index contributed by atoms with van der Waals surface area (Å²) in [6.45, 7) is 2.81. The molecule has 2 nitrogen and oxygen atoms in total. The van der Waals surface area contributed by atoms with Crippen LogP contribution in [0.4, 0.5) is 0 Å². The van der Waals surface area contributed by atoms with Gasteiger partial charge in [-0.2, -0.15) is 0 Å². The molecule has 1 aliphatic heterocycles. The summed E-state index contributed by atoms with van der Waals surface area (Å²) in [5.74, 6) is 0.971. The van der Waals surface area contributed by atoms with Crippen LogP contribution in [-0.2, 0) is 19.6 Å². The molecule has 0 saturated carbocycles. The van der Waals surface area contributed by atoms with E-state index in [0.717, 1.165) is 28.9 Å². The second-order valence-electron chi connectivity index (χ2n) is 4.62. The largest absolute Gasteiger partial charge is 0.488 e. The predicted molar refractivity (Wildman–Crippen MR) is 71.5 cm³/mol.